The zero-order valence-electron chi connectivity index (χ0n) is 13.7. The maximum atomic E-state index is 11.8. The van der Waals surface area contributed by atoms with Crippen LogP contribution < -0.4 is 5.32 Å². The lowest BCUT2D eigenvalue weighted by Crippen LogP contribution is -2.36. The van der Waals surface area contributed by atoms with Crippen molar-refractivity contribution in [2.24, 2.45) is 0 Å². The summed E-state index contributed by atoms with van der Waals surface area (Å²) in [5, 5.41) is 4.08. The Labute approximate surface area is 136 Å². The fourth-order valence-corrected chi connectivity index (χ4v) is 3.28. The van der Waals surface area contributed by atoms with E-state index in [1.165, 1.54) is 25.4 Å². The van der Waals surface area contributed by atoms with E-state index in [4.69, 9.17) is 0 Å². The first kappa shape index (κ1) is 16.1. The quantitative estimate of drug-likeness (QED) is 0.870. The summed E-state index contributed by atoms with van der Waals surface area (Å²) in [6.45, 7) is 2.93. The van der Waals surface area contributed by atoms with Crippen molar-refractivity contribution in [3.63, 3.8) is 0 Å². The molecule has 0 bridgehead atoms. The first-order chi connectivity index (χ1) is 10.9. The van der Waals surface area contributed by atoms with Crippen LogP contribution in [0.15, 0.2) is 29.4 Å². The zero-order chi connectivity index (χ0) is 16.6. The molecule has 6 nitrogen and oxygen atoms in total. The number of aromatic nitrogens is 2. The molecule has 0 spiro atoms. The molecule has 1 unspecified atom stereocenters. The highest BCUT2D eigenvalue weighted by atomic mass is 32.2. The Hall–Kier alpha value is -1.73. The maximum Gasteiger partial charge on any atom is 0.175 e. The molecular weight excluding hydrogens is 312 g/mol. The van der Waals surface area contributed by atoms with Crippen molar-refractivity contribution in [3.8, 4) is 0 Å². The van der Waals surface area contributed by atoms with Gasteiger partial charge in [0, 0.05) is 30.3 Å². The van der Waals surface area contributed by atoms with Gasteiger partial charge in [-0.3, -0.25) is 4.90 Å². The number of anilines is 1. The fourth-order valence-electron chi connectivity index (χ4n) is 2.64. The van der Waals surface area contributed by atoms with E-state index in [9.17, 15) is 8.42 Å². The SMILES string of the molecule is CC(CNc1ncnc2ccc(S(C)(=O)=O)cc12)N(C)C1CC1. The van der Waals surface area contributed by atoms with Crippen molar-refractivity contribution in [2.45, 2.75) is 36.7 Å². The number of hydrogen-bond acceptors (Lipinski definition) is 6. The molecule has 3 rings (SSSR count). The fraction of sp³-hybridized carbons (Fsp3) is 0.500. The van der Waals surface area contributed by atoms with Gasteiger partial charge >= 0.3 is 0 Å². The Bertz CT molecular complexity index is 818. The van der Waals surface area contributed by atoms with E-state index in [2.05, 4.69) is 34.2 Å². The minimum Gasteiger partial charge on any atom is -0.368 e. The maximum absolute atomic E-state index is 11.8. The summed E-state index contributed by atoms with van der Waals surface area (Å²) in [5.41, 5.74) is 0.734. The minimum atomic E-state index is -3.25. The van der Waals surface area contributed by atoms with Crippen molar-refractivity contribution < 1.29 is 8.42 Å². The summed E-state index contributed by atoms with van der Waals surface area (Å²) in [4.78, 5) is 11.2. The molecule has 0 radical (unpaired) electrons. The third-order valence-electron chi connectivity index (χ3n) is 4.42. The smallest absolute Gasteiger partial charge is 0.175 e. The van der Waals surface area contributed by atoms with Crippen LogP contribution in [0.2, 0.25) is 0 Å². The van der Waals surface area contributed by atoms with Gasteiger partial charge < -0.3 is 5.32 Å². The molecule has 1 aromatic heterocycles. The molecule has 124 valence electrons. The van der Waals surface area contributed by atoms with Crippen LogP contribution >= 0.6 is 0 Å². The molecule has 1 fully saturated rings. The van der Waals surface area contributed by atoms with Gasteiger partial charge in [0.05, 0.1) is 10.4 Å². The van der Waals surface area contributed by atoms with Gasteiger partial charge in [-0.05, 0) is 45.0 Å². The Morgan fingerprint density at radius 3 is 2.74 bits per heavy atom. The number of hydrogen-bond donors (Lipinski definition) is 1. The van der Waals surface area contributed by atoms with E-state index in [1.807, 2.05) is 0 Å². The predicted molar refractivity (Wildman–Crippen MR) is 91.4 cm³/mol. The molecule has 1 saturated carbocycles. The third kappa shape index (κ3) is 3.61. The lowest BCUT2D eigenvalue weighted by atomic mass is 10.2. The van der Waals surface area contributed by atoms with E-state index in [0.29, 0.717) is 17.9 Å². The lowest BCUT2D eigenvalue weighted by Gasteiger charge is -2.25. The van der Waals surface area contributed by atoms with Crippen molar-refractivity contribution in [1.82, 2.24) is 14.9 Å². The summed E-state index contributed by atoms with van der Waals surface area (Å²) in [5.74, 6) is 0.677. The number of benzene rings is 1. The Kier molecular flexibility index (Phi) is 4.25. The van der Waals surface area contributed by atoms with Crippen molar-refractivity contribution in [3.05, 3.63) is 24.5 Å². The normalized spacial score (nSPS) is 16.7. The highest BCUT2D eigenvalue weighted by Gasteiger charge is 2.29. The molecule has 1 aliphatic rings. The molecule has 1 aliphatic carbocycles. The van der Waals surface area contributed by atoms with E-state index in [-0.39, 0.29) is 4.90 Å². The van der Waals surface area contributed by atoms with Crippen LogP contribution in [0.3, 0.4) is 0 Å². The Morgan fingerprint density at radius 2 is 2.09 bits per heavy atom. The molecule has 0 aliphatic heterocycles. The van der Waals surface area contributed by atoms with Gasteiger partial charge in [0.15, 0.2) is 9.84 Å². The van der Waals surface area contributed by atoms with Crippen LogP contribution in [0.4, 0.5) is 5.82 Å². The molecule has 0 amide bonds. The summed E-state index contributed by atoms with van der Waals surface area (Å²) in [7, 11) is -1.11. The molecule has 0 saturated heterocycles. The van der Waals surface area contributed by atoms with Crippen LogP contribution in [0.5, 0.6) is 0 Å². The molecule has 2 aromatic rings. The average Bonchev–Trinajstić information content (AvgIpc) is 3.35. The predicted octanol–water partition coefficient (Wildman–Crippen LogP) is 1.93. The van der Waals surface area contributed by atoms with Crippen molar-refractivity contribution >= 4 is 26.6 Å². The largest absolute Gasteiger partial charge is 0.368 e. The second-order valence-corrected chi connectivity index (χ2v) is 8.32. The van der Waals surface area contributed by atoms with E-state index in [1.54, 1.807) is 18.2 Å². The highest BCUT2D eigenvalue weighted by Crippen LogP contribution is 2.27. The average molecular weight is 334 g/mol. The van der Waals surface area contributed by atoms with Gasteiger partial charge in [-0.25, -0.2) is 18.4 Å². The molecule has 23 heavy (non-hydrogen) atoms. The number of nitrogens with one attached hydrogen (secondary N) is 1. The number of rotatable bonds is 6. The Balaban J connectivity index is 1.84. The summed E-state index contributed by atoms with van der Waals surface area (Å²) in [6, 6.07) is 6.02. The van der Waals surface area contributed by atoms with Crippen LogP contribution in [-0.2, 0) is 9.84 Å². The molecule has 1 heterocycles. The van der Waals surface area contributed by atoms with Crippen LogP contribution in [0.1, 0.15) is 19.8 Å². The van der Waals surface area contributed by atoms with E-state index < -0.39 is 9.84 Å². The summed E-state index contributed by atoms with van der Waals surface area (Å²) in [6.07, 6.45) is 5.25. The van der Waals surface area contributed by atoms with Gasteiger partial charge in [-0.2, -0.15) is 0 Å². The number of nitrogens with zero attached hydrogens (tertiary/aromatic N) is 3. The van der Waals surface area contributed by atoms with E-state index in [0.717, 1.165) is 17.4 Å². The van der Waals surface area contributed by atoms with Crippen LogP contribution in [0.25, 0.3) is 10.9 Å². The second kappa shape index (κ2) is 6.05. The monoisotopic (exact) mass is 334 g/mol. The molecule has 1 N–H and O–H groups in total. The number of likely N-dealkylation sites (N-methyl/N-ethyl adjacent to an activating group) is 1. The van der Waals surface area contributed by atoms with Gasteiger partial charge in [0.2, 0.25) is 0 Å². The zero-order valence-corrected chi connectivity index (χ0v) is 14.5. The second-order valence-electron chi connectivity index (χ2n) is 6.30. The molecule has 1 atom stereocenters. The van der Waals surface area contributed by atoms with Gasteiger partial charge in [-0.15, -0.1) is 0 Å². The number of fused-ring (bicyclic) bond motifs is 1. The minimum absolute atomic E-state index is 0.283. The van der Waals surface area contributed by atoms with Crippen molar-refractivity contribution in [2.75, 3.05) is 25.2 Å². The van der Waals surface area contributed by atoms with Gasteiger partial charge in [0.25, 0.3) is 0 Å². The Morgan fingerprint density at radius 1 is 1.35 bits per heavy atom. The van der Waals surface area contributed by atoms with Gasteiger partial charge in [-0.1, -0.05) is 0 Å². The van der Waals surface area contributed by atoms with Gasteiger partial charge in [0.1, 0.15) is 12.1 Å². The molecule has 1 aromatic carbocycles. The summed E-state index contributed by atoms with van der Waals surface area (Å²) >= 11 is 0. The molecule has 7 heteroatoms. The first-order valence-corrected chi connectivity index (χ1v) is 9.66. The standard InChI is InChI=1S/C16H22N4O2S/c1-11(20(2)12-4-5-12)9-17-16-14-8-13(23(3,21)22)6-7-15(14)18-10-19-16/h6-8,10-12H,4-5,9H2,1-3H3,(H,17,18,19). The van der Waals surface area contributed by atoms with Crippen LogP contribution in [-0.4, -0.2) is 55.2 Å². The lowest BCUT2D eigenvalue weighted by molar-refractivity contribution is 0.257. The number of sulfone groups is 1. The highest BCUT2D eigenvalue weighted by molar-refractivity contribution is 7.90. The topological polar surface area (TPSA) is 75.2 Å². The van der Waals surface area contributed by atoms with E-state index >= 15 is 0 Å². The van der Waals surface area contributed by atoms with Crippen LogP contribution in [0, 0.1) is 0 Å². The molecular formula is C16H22N4O2S. The third-order valence-corrected chi connectivity index (χ3v) is 5.53. The van der Waals surface area contributed by atoms with Crippen molar-refractivity contribution in [1.29, 1.82) is 0 Å². The first-order valence-electron chi connectivity index (χ1n) is 7.77. The summed E-state index contributed by atoms with van der Waals surface area (Å²) < 4.78 is 23.5.